The van der Waals surface area contributed by atoms with Crippen LogP contribution in [0.4, 0.5) is 11.5 Å². The summed E-state index contributed by atoms with van der Waals surface area (Å²) in [7, 11) is 0. The highest BCUT2D eigenvalue weighted by Crippen LogP contribution is 2.31. The van der Waals surface area contributed by atoms with Gasteiger partial charge in [0.05, 0.1) is 21.5 Å². The fourth-order valence-corrected chi connectivity index (χ4v) is 4.91. The number of anilines is 1. The molecule has 5 aromatic rings. The van der Waals surface area contributed by atoms with Crippen molar-refractivity contribution in [2.75, 3.05) is 5.32 Å². The van der Waals surface area contributed by atoms with Crippen molar-refractivity contribution < 1.29 is 14.1 Å². The highest BCUT2D eigenvalue weighted by Gasteiger charge is 2.20. The van der Waals surface area contributed by atoms with Crippen molar-refractivity contribution in [2.24, 2.45) is 0 Å². The summed E-state index contributed by atoms with van der Waals surface area (Å²) in [6.45, 7) is 2.21. The molecular formula is C23H16BrN5O4S. The largest absolute Gasteiger partial charge is 0.454 e. The maximum atomic E-state index is 12.6. The highest BCUT2D eigenvalue weighted by atomic mass is 79.9. The van der Waals surface area contributed by atoms with Crippen LogP contribution in [0.1, 0.15) is 21.9 Å². The van der Waals surface area contributed by atoms with Gasteiger partial charge in [-0.3, -0.25) is 4.79 Å². The number of carbonyl (C=O) groups is 1. The van der Waals surface area contributed by atoms with Crippen molar-refractivity contribution in [2.45, 2.75) is 13.5 Å². The van der Waals surface area contributed by atoms with Crippen molar-refractivity contribution in [3.8, 4) is 10.6 Å². The third kappa shape index (κ3) is 4.47. The number of amides is 1. The Balaban J connectivity index is 1.26. The molecule has 2 aromatic carbocycles. The SMILES string of the molecule is Cc1ccc2nc(-c3ccc(NC(=O)c4ccc(Cn5cc(Br)c([N+](=O)[O-])n5)o4)cc3)sc2c1. The summed E-state index contributed by atoms with van der Waals surface area (Å²) in [6.07, 6.45) is 1.48. The van der Waals surface area contributed by atoms with Gasteiger partial charge in [0.1, 0.15) is 21.8 Å². The highest BCUT2D eigenvalue weighted by molar-refractivity contribution is 9.10. The van der Waals surface area contributed by atoms with Gasteiger partial charge >= 0.3 is 5.82 Å². The summed E-state index contributed by atoms with van der Waals surface area (Å²) < 4.78 is 8.37. The summed E-state index contributed by atoms with van der Waals surface area (Å²) in [5.74, 6) is -0.117. The molecule has 0 aliphatic rings. The number of halogens is 1. The average Bonchev–Trinajstić information content (AvgIpc) is 3.52. The molecule has 9 nitrogen and oxygen atoms in total. The zero-order valence-corrected chi connectivity index (χ0v) is 20.1. The van der Waals surface area contributed by atoms with E-state index in [2.05, 4.69) is 44.3 Å². The molecule has 0 aliphatic carbocycles. The lowest BCUT2D eigenvalue weighted by Crippen LogP contribution is -2.10. The van der Waals surface area contributed by atoms with Crippen LogP contribution >= 0.6 is 27.3 Å². The zero-order valence-electron chi connectivity index (χ0n) is 17.7. The van der Waals surface area contributed by atoms with E-state index in [1.165, 1.54) is 16.4 Å². The van der Waals surface area contributed by atoms with Gasteiger partial charge in [0.15, 0.2) is 5.76 Å². The Morgan fingerprint density at radius 2 is 2.00 bits per heavy atom. The predicted octanol–water partition coefficient (Wildman–Crippen LogP) is 6.03. The molecule has 0 saturated heterocycles. The average molecular weight is 538 g/mol. The molecule has 0 radical (unpaired) electrons. The maximum absolute atomic E-state index is 12.6. The van der Waals surface area contributed by atoms with Crippen LogP contribution in [0, 0.1) is 17.0 Å². The van der Waals surface area contributed by atoms with Gasteiger partial charge in [-0.15, -0.1) is 11.3 Å². The number of carbonyl (C=O) groups excluding carboxylic acids is 1. The number of furan rings is 1. The normalized spacial score (nSPS) is 11.1. The van der Waals surface area contributed by atoms with E-state index in [4.69, 9.17) is 4.42 Å². The van der Waals surface area contributed by atoms with Crippen LogP contribution in [0.15, 0.2) is 69.7 Å². The second-order valence-corrected chi connectivity index (χ2v) is 9.43. The van der Waals surface area contributed by atoms with Crippen molar-refractivity contribution in [1.29, 1.82) is 0 Å². The van der Waals surface area contributed by atoms with Crippen LogP contribution in [-0.2, 0) is 6.54 Å². The van der Waals surface area contributed by atoms with Crippen LogP contribution in [-0.4, -0.2) is 25.6 Å². The first-order valence-corrected chi connectivity index (χ1v) is 11.7. The zero-order chi connectivity index (χ0) is 23.8. The second kappa shape index (κ2) is 8.84. The minimum absolute atomic E-state index is 0.126. The quantitative estimate of drug-likeness (QED) is 0.208. The van der Waals surface area contributed by atoms with E-state index in [1.807, 2.05) is 36.4 Å². The number of aromatic nitrogens is 3. The fourth-order valence-electron chi connectivity index (χ4n) is 3.38. The second-order valence-electron chi connectivity index (χ2n) is 7.54. The van der Waals surface area contributed by atoms with Gasteiger partial charge in [-0.2, -0.15) is 4.68 Å². The third-order valence-corrected chi connectivity index (χ3v) is 6.64. The van der Waals surface area contributed by atoms with Crippen LogP contribution in [0.2, 0.25) is 0 Å². The molecule has 0 fully saturated rings. The molecule has 0 spiro atoms. The number of hydrogen-bond donors (Lipinski definition) is 1. The topological polar surface area (TPSA) is 116 Å². The number of rotatable bonds is 6. The van der Waals surface area contributed by atoms with Crippen LogP contribution in [0.3, 0.4) is 0 Å². The van der Waals surface area contributed by atoms with E-state index in [0.29, 0.717) is 11.4 Å². The number of aryl methyl sites for hydroxylation is 1. The van der Waals surface area contributed by atoms with Crippen LogP contribution in [0.25, 0.3) is 20.8 Å². The number of nitrogens with one attached hydrogen (secondary N) is 1. The Labute approximate surface area is 205 Å². The first kappa shape index (κ1) is 22.0. The van der Waals surface area contributed by atoms with Gasteiger partial charge in [0.25, 0.3) is 5.91 Å². The molecule has 3 heterocycles. The Bertz CT molecular complexity index is 1540. The minimum Gasteiger partial charge on any atom is -0.454 e. The molecule has 0 unspecified atom stereocenters. The van der Waals surface area contributed by atoms with Gasteiger partial charge in [-0.1, -0.05) is 6.07 Å². The number of nitrogens with zero attached hydrogens (tertiary/aromatic N) is 4. The minimum atomic E-state index is -0.579. The van der Waals surface area contributed by atoms with Crippen LogP contribution in [0.5, 0.6) is 0 Å². The molecule has 170 valence electrons. The van der Waals surface area contributed by atoms with Crippen molar-refractivity contribution in [3.05, 3.63) is 92.5 Å². The lowest BCUT2D eigenvalue weighted by atomic mass is 10.2. The monoisotopic (exact) mass is 537 g/mol. The Morgan fingerprint density at radius 1 is 1.21 bits per heavy atom. The van der Waals surface area contributed by atoms with E-state index in [0.717, 1.165) is 20.8 Å². The molecule has 5 rings (SSSR count). The molecule has 3 aromatic heterocycles. The molecule has 11 heteroatoms. The number of benzene rings is 2. The Morgan fingerprint density at radius 3 is 2.74 bits per heavy atom. The van der Waals surface area contributed by atoms with Gasteiger partial charge in [0, 0.05) is 11.3 Å². The lowest BCUT2D eigenvalue weighted by Gasteiger charge is -2.04. The first-order valence-electron chi connectivity index (χ1n) is 10.1. The Kier molecular flexibility index (Phi) is 5.72. The van der Waals surface area contributed by atoms with Gasteiger partial charge < -0.3 is 19.8 Å². The number of nitro groups is 1. The first-order chi connectivity index (χ1) is 16.4. The van der Waals surface area contributed by atoms with Crippen LogP contribution < -0.4 is 5.32 Å². The van der Waals surface area contributed by atoms with E-state index < -0.39 is 10.8 Å². The fraction of sp³-hybridized carbons (Fsp3) is 0.0870. The standard InChI is InChI=1S/C23H16BrN5O4S/c1-13-2-8-18-20(10-13)34-23(26-18)14-3-5-15(6-4-14)25-22(30)19-9-7-16(33-19)11-28-12-17(24)21(27-28)29(31)32/h2-10,12H,11H2,1H3,(H,25,30). The summed E-state index contributed by atoms with van der Waals surface area (Å²) in [6, 6.07) is 16.8. The maximum Gasteiger partial charge on any atom is 0.404 e. The molecule has 0 bridgehead atoms. The van der Waals surface area contributed by atoms with E-state index >= 15 is 0 Å². The van der Waals surface area contributed by atoms with E-state index in [-0.39, 0.29) is 22.6 Å². The van der Waals surface area contributed by atoms with E-state index in [1.54, 1.807) is 23.5 Å². The molecule has 0 atom stereocenters. The number of fused-ring (bicyclic) bond motifs is 1. The summed E-state index contributed by atoms with van der Waals surface area (Å²) in [5, 5.41) is 18.5. The smallest absolute Gasteiger partial charge is 0.404 e. The predicted molar refractivity (Wildman–Crippen MR) is 132 cm³/mol. The lowest BCUT2D eigenvalue weighted by molar-refractivity contribution is -0.390. The molecule has 34 heavy (non-hydrogen) atoms. The summed E-state index contributed by atoms with van der Waals surface area (Å²) >= 11 is 4.73. The van der Waals surface area contributed by atoms with Gasteiger partial charge in [0.2, 0.25) is 0 Å². The molecular weight excluding hydrogens is 522 g/mol. The van der Waals surface area contributed by atoms with Crippen molar-refractivity contribution in [3.63, 3.8) is 0 Å². The number of hydrogen-bond acceptors (Lipinski definition) is 7. The van der Waals surface area contributed by atoms with Crippen molar-refractivity contribution >= 4 is 54.9 Å². The molecule has 0 saturated carbocycles. The summed E-state index contributed by atoms with van der Waals surface area (Å²) in [5.41, 5.74) is 3.75. The molecule has 0 aliphatic heterocycles. The Hall–Kier alpha value is -3.83. The molecule has 1 N–H and O–H groups in total. The van der Waals surface area contributed by atoms with Crippen molar-refractivity contribution in [1.82, 2.24) is 14.8 Å². The van der Waals surface area contributed by atoms with Gasteiger partial charge in [-0.05, 0) is 81.9 Å². The van der Waals surface area contributed by atoms with E-state index in [9.17, 15) is 14.9 Å². The molecule has 1 amide bonds. The number of thiazole rings is 1. The van der Waals surface area contributed by atoms with Gasteiger partial charge in [-0.25, -0.2) is 4.98 Å². The summed E-state index contributed by atoms with van der Waals surface area (Å²) in [4.78, 5) is 27.6. The third-order valence-electron chi connectivity index (χ3n) is 5.01.